The van der Waals surface area contributed by atoms with Crippen LogP contribution < -0.4 is 0 Å². The van der Waals surface area contributed by atoms with Crippen LogP contribution in [0.5, 0.6) is 0 Å². The minimum Gasteiger partial charge on any atom is -0.363 e. The van der Waals surface area contributed by atoms with Crippen molar-refractivity contribution in [3.8, 4) is 0 Å². The molecule has 0 aliphatic rings. The minimum absolute atomic E-state index is 0.426. The van der Waals surface area contributed by atoms with Gasteiger partial charge in [-0.15, -0.1) is 0 Å². The standard InChI is InChI=1S/C5H5Cl2N/c6-5(7)4-2-1-3-8-4/h1-3,5,8H. The summed E-state index contributed by atoms with van der Waals surface area (Å²) >= 11 is 11.0. The van der Waals surface area contributed by atoms with E-state index in [-0.39, 0.29) is 0 Å². The van der Waals surface area contributed by atoms with Crippen molar-refractivity contribution in [1.29, 1.82) is 0 Å². The number of H-pyrrole nitrogens is 1. The van der Waals surface area contributed by atoms with Crippen LogP contribution in [0.15, 0.2) is 18.3 Å². The van der Waals surface area contributed by atoms with E-state index in [2.05, 4.69) is 4.98 Å². The Hall–Kier alpha value is -0.140. The molecule has 0 saturated carbocycles. The maximum absolute atomic E-state index is 5.48. The molecule has 0 unspecified atom stereocenters. The molecule has 0 saturated heterocycles. The molecular formula is C5H5Cl2N. The Morgan fingerprint density at radius 1 is 1.50 bits per heavy atom. The van der Waals surface area contributed by atoms with Gasteiger partial charge in [0.25, 0.3) is 0 Å². The maximum Gasteiger partial charge on any atom is 0.147 e. The molecule has 3 heteroatoms. The van der Waals surface area contributed by atoms with E-state index in [0.29, 0.717) is 0 Å². The highest BCUT2D eigenvalue weighted by Crippen LogP contribution is 2.21. The van der Waals surface area contributed by atoms with Crippen LogP contribution in [0.3, 0.4) is 0 Å². The SMILES string of the molecule is ClC(Cl)c1ccc[nH]1. The van der Waals surface area contributed by atoms with Gasteiger partial charge in [0.1, 0.15) is 4.84 Å². The maximum atomic E-state index is 5.48. The lowest BCUT2D eigenvalue weighted by Crippen LogP contribution is -1.76. The van der Waals surface area contributed by atoms with Crippen molar-refractivity contribution in [3.63, 3.8) is 0 Å². The monoisotopic (exact) mass is 149 g/mol. The molecule has 0 bridgehead atoms. The first-order chi connectivity index (χ1) is 3.80. The highest BCUT2D eigenvalue weighted by atomic mass is 35.5. The predicted octanol–water partition coefficient (Wildman–Crippen LogP) is 2.49. The summed E-state index contributed by atoms with van der Waals surface area (Å²) in [5, 5.41) is 0. The first-order valence-corrected chi connectivity index (χ1v) is 3.09. The highest BCUT2D eigenvalue weighted by Gasteiger charge is 2.00. The smallest absolute Gasteiger partial charge is 0.147 e. The number of alkyl halides is 2. The van der Waals surface area contributed by atoms with Crippen LogP contribution in [0.2, 0.25) is 0 Å². The topological polar surface area (TPSA) is 15.8 Å². The number of rotatable bonds is 1. The predicted molar refractivity (Wildman–Crippen MR) is 35.2 cm³/mol. The third kappa shape index (κ3) is 1.17. The molecule has 1 N–H and O–H groups in total. The van der Waals surface area contributed by atoms with Crippen LogP contribution in [0, 0.1) is 0 Å². The highest BCUT2D eigenvalue weighted by molar-refractivity contribution is 6.43. The average Bonchev–Trinajstić information content (AvgIpc) is 2.12. The second-order valence-electron chi connectivity index (χ2n) is 1.43. The van der Waals surface area contributed by atoms with Crippen molar-refractivity contribution >= 4 is 23.2 Å². The Kier molecular flexibility index (Phi) is 1.81. The minimum atomic E-state index is -0.426. The van der Waals surface area contributed by atoms with Gasteiger partial charge in [-0.25, -0.2) is 0 Å². The van der Waals surface area contributed by atoms with Gasteiger partial charge in [-0.05, 0) is 12.1 Å². The molecule has 0 amide bonds. The van der Waals surface area contributed by atoms with Crippen LogP contribution in [-0.2, 0) is 0 Å². The van der Waals surface area contributed by atoms with Crippen molar-refractivity contribution in [1.82, 2.24) is 4.98 Å². The summed E-state index contributed by atoms with van der Waals surface area (Å²) in [6.45, 7) is 0. The molecule has 1 heterocycles. The third-order valence-corrected chi connectivity index (χ3v) is 1.33. The molecule has 0 aromatic carbocycles. The molecule has 0 spiro atoms. The lowest BCUT2D eigenvalue weighted by molar-refractivity contribution is 1.20. The molecule has 1 aromatic rings. The van der Waals surface area contributed by atoms with Gasteiger partial charge in [0.05, 0.1) is 0 Å². The number of aromatic nitrogens is 1. The first kappa shape index (κ1) is 5.99. The summed E-state index contributed by atoms with van der Waals surface area (Å²) in [5.74, 6) is 0. The van der Waals surface area contributed by atoms with E-state index in [4.69, 9.17) is 23.2 Å². The van der Waals surface area contributed by atoms with E-state index in [1.54, 1.807) is 6.20 Å². The van der Waals surface area contributed by atoms with Crippen LogP contribution >= 0.6 is 23.2 Å². The summed E-state index contributed by atoms with van der Waals surface area (Å²) in [6.07, 6.45) is 1.78. The summed E-state index contributed by atoms with van der Waals surface area (Å²) in [7, 11) is 0. The second-order valence-corrected chi connectivity index (χ2v) is 2.52. The second kappa shape index (κ2) is 2.42. The van der Waals surface area contributed by atoms with Crippen molar-refractivity contribution in [2.24, 2.45) is 0 Å². The molecule has 44 valence electrons. The van der Waals surface area contributed by atoms with E-state index >= 15 is 0 Å². The first-order valence-electron chi connectivity index (χ1n) is 2.22. The molecule has 0 atom stereocenters. The molecule has 0 aliphatic heterocycles. The largest absolute Gasteiger partial charge is 0.363 e. The van der Waals surface area contributed by atoms with Gasteiger partial charge in [-0.3, -0.25) is 0 Å². The molecule has 0 aliphatic carbocycles. The van der Waals surface area contributed by atoms with Crippen molar-refractivity contribution in [3.05, 3.63) is 24.0 Å². The van der Waals surface area contributed by atoms with Crippen LogP contribution in [0.4, 0.5) is 0 Å². The number of hydrogen-bond donors (Lipinski definition) is 1. The molecule has 8 heavy (non-hydrogen) atoms. The molecule has 1 rings (SSSR count). The van der Waals surface area contributed by atoms with Crippen molar-refractivity contribution in [2.75, 3.05) is 0 Å². The van der Waals surface area contributed by atoms with Gasteiger partial charge in [0, 0.05) is 11.9 Å². The molecule has 0 fully saturated rings. The summed E-state index contributed by atoms with van der Waals surface area (Å²) in [4.78, 5) is 2.45. The molecule has 1 nitrogen and oxygen atoms in total. The molecular weight excluding hydrogens is 145 g/mol. The van der Waals surface area contributed by atoms with Gasteiger partial charge >= 0.3 is 0 Å². The van der Waals surface area contributed by atoms with Gasteiger partial charge in [-0.1, -0.05) is 23.2 Å². The Morgan fingerprint density at radius 3 is 2.50 bits per heavy atom. The third-order valence-electron chi connectivity index (χ3n) is 0.857. The zero-order chi connectivity index (χ0) is 5.98. The van der Waals surface area contributed by atoms with E-state index in [0.717, 1.165) is 5.69 Å². The average molecular weight is 150 g/mol. The number of nitrogens with one attached hydrogen (secondary N) is 1. The van der Waals surface area contributed by atoms with Gasteiger partial charge < -0.3 is 4.98 Å². The van der Waals surface area contributed by atoms with Crippen LogP contribution in [0.25, 0.3) is 0 Å². The van der Waals surface area contributed by atoms with E-state index in [1.165, 1.54) is 0 Å². The number of hydrogen-bond acceptors (Lipinski definition) is 0. The van der Waals surface area contributed by atoms with Gasteiger partial charge in [0.2, 0.25) is 0 Å². The normalized spacial score (nSPS) is 10.4. The Balaban J connectivity index is 2.77. The molecule has 1 aromatic heterocycles. The Bertz CT molecular complexity index is 145. The zero-order valence-electron chi connectivity index (χ0n) is 4.07. The van der Waals surface area contributed by atoms with Crippen LogP contribution in [0.1, 0.15) is 10.5 Å². The zero-order valence-corrected chi connectivity index (χ0v) is 5.58. The van der Waals surface area contributed by atoms with Crippen LogP contribution in [-0.4, -0.2) is 4.98 Å². The van der Waals surface area contributed by atoms with Gasteiger partial charge in [-0.2, -0.15) is 0 Å². The van der Waals surface area contributed by atoms with Crippen molar-refractivity contribution in [2.45, 2.75) is 4.84 Å². The van der Waals surface area contributed by atoms with Crippen molar-refractivity contribution < 1.29 is 0 Å². The summed E-state index contributed by atoms with van der Waals surface area (Å²) < 4.78 is 0. The summed E-state index contributed by atoms with van der Waals surface area (Å²) in [6, 6.07) is 3.69. The Morgan fingerprint density at radius 2 is 2.25 bits per heavy atom. The van der Waals surface area contributed by atoms with E-state index in [1.807, 2.05) is 12.1 Å². The fourth-order valence-electron chi connectivity index (χ4n) is 0.480. The fourth-order valence-corrected chi connectivity index (χ4v) is 0.751. The quantitative estimate of drug-likeness (QED) is 0.592. The van der Waals surface area contributed by atoms with Gasteiger partial charge in [0.15, 0.2) is 0 Å². The van der Waals surface area contributed by atoms with E-state index in [9.17, 15) is 0 Å². The number of halogens is 2. The fraction of sp³-hybridized carbons (Fsp3) is 0.200. The summed E-state index contributed by atoms with van der Waals surface area (Å²) in [5.41, 5.74) is 0.841. The number of aromatic amines is 1. The Labute approximate surface area is 57.6 Å². The molecule has 0 radical (unpaired) electrons. The lowest BCUT2D eigenvalue weighted by atomic mass is 10.5. The lowest BCUT2D eigenvalue weighted by Gasteiger charge is -1.91. The van der Waals surface area contributed by atoms with E-state index < -0.39 is 4.84 Å².